The van der Waals surface area contributed by atoms with E-state index in [1.807, 2.05) is 0 Å². The van der Waals surface area contributed by atoms with E-state index in [2.05, 4.69) is 65.9 Å². The Labute approximate surface area is 184 Å². The predicted octanol–water partition coefficient (Wildman–Crippen LogP) is 5.63. The number of fused-ring (bicyclic) bond motifs is 1. The van der Waals surface area contributed by atoms with E-state index in [1.54, 1.807) is 0 Å². The van der Waals surface area contributed by atoms with Crippen LogP contribution in [-0.4, -0.2) is 37.7 Å². The summed E-state index contributed by atoms with van der Waals surface area (Å²) < 4.78 is 12.3. The van der Waals surface area contributed by atoms with Crippen molar-refractivity contribution >= 4 is 14.3 Å². The zero-order valence-electron chi connectivity index (χ0n) is 20.0. The smallest absolute Gasteiger partial charge is 0.308 e. The van der Waals surface area contributed by atoms with Crippen molar-refractivity contribution in [2.75, 3.05) is 0 Å². The third-order valence-corrected chi connectivity index (χ3v) is 12.5. The third-order valence-electron chi connectivity index (χ3n) is 7.93. The number of hydrogen-bond donors (Lipinski definition) is 1. The lowest BCUT2D eigenvalue weighted by Gasteiger charge is -2.43. The number of aliphatic hydroxyl groups is 1. The highest BCUT2D eigenvalue weighted by Gasteiger charge is 2.42. The molecule has 0 bridgehead atoms. The number of ether oxygens (including phenoxy) is 1. The van der Waals surface area contributed by atoms with Gasteiger partial charge in [0.15, 0.2) is 8.32 Å². The molecule has 2 unspecified atom stereocenters. The van der Waals surface area contributed by atoms with Crippen LogP contribution in [0.5, 0.6) is 0 Å². The standard InChI is InChI=1S/C25H42O4Si/c1-16-12-18-9-8-17(2)21(24(18)22(26)13-16)11-10-19-14-20(15-23(27)28-19)29-30(6,7)25(3,4)5/h8-9,12,16-17,19-22,24,26H,10-11,13-15H2,1-7H3/t16-,17-,19-,20?,21?,22-,24-/m0/s1. The molecule has 1 N–H and O–H groups in total. The molecule has 0 aromatic rings. The summed E-state index contributed by atoms with van der Waals surface area (Å²) in [5.41, 5.74) is 1.30. The Morgan fingerprint density at radius 3 is 2.57 bits per heavy atom. The number of aliphatic hydroxyl groups excluding tert-OH is 1. The van der Waals surface area contributed by atoms with E-state index in [1.165, 1.54) is 5.57 Å². The summed E-state index contributed by atoms with van der Waals surface area (Å²) in [7, 11) is -1.91. The lowest BCUT2D eigenvalue weighted by molar-refractivity contribution is -0.160. The molecule has 0 spiro atoms. The van der Waals surface area contributed by atoms with Crippen molar-refractivity contribution in [2.24, 2.45) is 23.7 Å². The van der Waals surface area contributed by atoms with Gasteiger partial charge in [-0.3, -0.25) is 4.79 Å². The van der Waals surface area contributed by atoms with Crippen LogP contribution in [0, 0.1) is 23.7 Å². The van der Waals surface area contributed by atoms with Gasteiger partial charge in [-0.15, -0.1) is 0 Å². The molecular weight excluding hydrogens is 392 g/mol. The average Bonchev–Trinajstić information content (AvgIpc) is 2.59. The Balaban J connectivity index is 1.64. The maximum absolute atomic E-state index is 12.3. The van der Waals surface area contributed by atoms with E-state index in [0.717, 1.165) is 25.7 Å². The molecule has 170 valence electrons. The van der Waals surface area contributed by atoms with Crippen molar-refractivity contribution in [3.8, 4) is 0 Å². The molecular formula is C25H42O4Si. The van der Waals surface area contributed by atoms with E-state index in [9.17, 15) is 9.90 Å². The lowest BCUT2D eigenvalue weighted by atomic mass is 9.65. The Bertz CT molecular complexity index is 690. The van der Waals surface area contributed by atoms with E-state index in [-0.39, 0.29) is 35.2 Å². The zero-order chi connectivity index (χ0) is 22.3. The Hall–Kier alpha value is -0.913. The van der Waals surface area contributed by atoms with Gasteiger partial charge in [-0.1, -0.05) is 52.8 Å². The van der Waals surface area contributed by atoms with Crippen molar-refractivity contribution in [1.82, 2.24) is 0 Å². The summed E-state index contributed by atoms with van der Waals surface area (Å²) in [5.74, 6) is 1.33. The first kappa shape index (κ1) is 23.7. The summed E-state index contributed by atoms with van der Waals surface area (Å²) in [6, 6.07) is 0. The Kier molecular flexibility index (Phi) is 7.05. The average molecular weight is 435 g/mol. The van der Waals surface area contributed by atoms with E-state index < -0.39 is 8.32 Å². The second-order valence-corrected chi connectivity index (χ2v) is 16.2. The van der Waals surface area contributed by atoms with Gasteiger partial charge in [0.25, 0.3) is 0 Å². The van der Waals surface area contributed by atoms with Gasteiger partial charge in [-0.2, -0.15) is 0 Å². The highest BCUT2D eigenvalue weighted by atomic mass is 28.4. The van der Waals surface area contributed by atoms with Crippen molar-refractivity contribution in [1.29, 1.82) is 0 Å². The number of hydrogen-bond acceptors (Lipinski definition) is 4. The van der Waals surface area contributed by atoms with Crippen molar-refractivity contribution in [3.63, 3.8) is 0 Å². The molecule has 1 fully saturated rings. The minimum absolute atomic E-state index is 0.0302. The monoisotopic (exact) mass is 434 g/mol. The van der Waals surface area contributed by atoms with Crippen LogP contribution in [0.1, 0.15) is 66.7 Å². The fraction of sp³-hybridized carbons (Fsp3) is 0.800. The SMILES string of the molecule is C[C@H]1C=C2C=C[C@H](C)C(CC[C@H]3CC(O[Si](C)(C)C(C)(C)C)CC(=O)O3)[C@H]2[C@@H](O)C1. The van der Waals surface area contributed by atoms with Gasteiger partial charge in [-0.05, 0) is 60.7 Å². The van der Waals surface area contributed by atoms with Crippen LogP contribution >= 0.6 is 0 Å². The topological polar surface area (TPSA) is 55.8 Å². The number of allylic oxidation sites excluding steroid dienone is 3. The largest absolute Gasteiger partial charge is 0.462 e. The Morgan fingerprint density at radius 1 is 1.20 bits per heavy atom. The van der Waals surface area contributed by atoms with E-state index in [0.29, 0.717) is 24.2 Å². The van der Waals surface area contributed by atoms with Gasteiger partial charge < -0.3 is 14.3 Å². The van der Waals surface area contributed by atoms with Crippen LogP contribution in [0.3, 0.4) is 0 Å². The second-order valence-electron chi connectivity index (χ2n) is 11.5. The van der Waals surface area contributed by atoms with Crippen LogP contribution in [0.2, 0.25) is 18.1 Å². The van der Waals surface area contributed by atoms with Gasteiger partial charge in [0.05, 0.1) is 18.6 Å². The van der Waals surface area contributed by atoms with Crippen LogP contribution in [0.15, 0.2) is 23.8 Å². The van der Waals surface area contributed by atoms with E-state index in [4.69, 9.17) is 9.16 Å². The number of cyclic esters (lactones) is 1. The summed E-state index contributed by atoms with van der Waals surface area (Å²) in [5, 5.41) is 10.9. The van der Waals surface area contributed by atoms with Crippen molar-refractivity contribution in [2.45, 2.75) is 103 Å². The molecule has 3 rings (SSSR count). The molecule has 0 radical (unpaired) electrons. The van der Waals surface area contributed by atoms with Crippen LogP contribution in [0.4, 0.5) is 0 Å². The van der Waals surface area contributed by atoms with Crippen LogP contribution in [0.25, 0.3) is 0 Å². The summed E-state index contributed by atoms with van der Waals surface area (Å²) in [6.07, 6.45) is 10.3. The fourth-order valence-electron chi connectivity index (χ4n) is 5.21. The molecule has 5 heteroatoms. The van der Waals surface area contributed by atoms with Gasteiger partial charge in [0.2, 0.25) is 0 Å². The number of esters is 1. The van der Waals surface area contributed by atoms with Gasteiger partial charge >= 0.3 is 5.97 Å². The fourth-order valence-corrected chi connectivity index (χ4v) is 6.58. The van der Waals surface area contributed by atoms with Gasteiger partial charge in [-0.25, -0.2) is 0 Å². The molecule has 1 aliphatic heterocycles. The van der Waals surface area contributed by atoms with Gasteiger partial charge in [0, 0.05) is 12.3 Å². The molecule has 1 heterocycles. The summed E-state index contributed by atoms with van der Waals surface area (Å²) >= 11 is 0. The van der Waals surface area contributed by atoms with Crippen molar-refractivity contribution < 1.29 is 19.1 Å². The highest BCUT2D eigenvalue weighted by molar-refractivity contribution is 6.74. The molecule has 2 aliphatic carbocycles. The lowest BCUT2D eigenvalue weighted by Crippen LogP contribution is -2.47. The summed E-state index contributed by atoms with van der Waals surface area (Å²) in [6.45, 7) is 15.6. The van der Waals surface area contributed by atoms with E-state index >= 15 is 0 Å². The maximum Gasteiger partial charge on any atom is 0.308 e. The summed E-state index contributed by atoms with van der Waals surface area (Å²) in [4.78, 5) is 12.3. The molecule has 0 aromatic carbocycles. The minimum atomic E-state index is -1.91. The molecule has 3 aliphatic rings. The first-order valence-electron chi connectivity index (χ1n) is 11.8. The first-order chi connectivity index (χ1) is 13.9. The molecule has 0 saturated carbocycles. The molecule has 7 atom stereocenters. The molecule has 1 saturated heterocycles. The van der Waals surface area contributed by atoms with Crippen molar-refractivity contribution in [3.05, 3.63) is 23.8 Å². The van der Waals surface area contributed by atoms with Crippen LogP contribution in [-0.2, 0) is 14.0 Å². The Morgan fingerprint density at radius 2 is 1.90 bits per heavy atom. The quantitative estimate of drug-likeness (QED) is 0.450. The third kappa shape index (κ3) is 5.28. The van der Waals surface area contributed by atoms with Gasteiger partial charge in [0.1, 0.15) is 6.10 Å². The number of carbonyl (C=O) groups is 1. The number of carbonyl (C=O) groups excluding carboxylic acids is 1. The molecule has 30 heavy (non-hydrogen) atoms. The normalized spacial score (nSPS) is 37.4. The highest BCUT2D eigenvalue weighted by Crippen LogP contribution is 2.44. The predicted molar refractivity (Wildman–Crippen MR) is 124 cm³/mol. The first-order valence-corrected chi connectivity index (χ1v) is 14.7. The molecule has 4 nitrogen and oxygen atoms in total. The molecule has 0 aromatic heterocycles. The molecule has 0 amide bonds. The minimum Gasteiger partial charge on any atom is -0.462 e. The van der Waals surface area contributed by atoms with Crippen LogP contribution < -0.4 is 0 Å². The zero-order valence-corrected chi connectivity index (χ0v) is 21.0. The second kappa shape index (κ2) is 8.91. The maximum atomic E-state index is 12.3. The number of rotatable bonds is 5.